The van der Waals surface area contributed by atoms with Gasteiger partial charge in [-0.1, -0.05) is 29.8 Å². The summed E-state index contributed by atoms with van der Waals surface area (Å²) in [5, 5.41) is 14.7. The first-order chi connectivity index (χ1) is 13.5. The van der Waals surface area contributed by atoms with Crippen molar-refractivity contribution in [3.05, 3.63) is 75.2 Å². The molecule has 0 bridgehead atoms. The van der Waals surface area contributed by atoms with E-state index in [1.54, 1.807) is 43.3 Å². The van der Waals surface area contributed by atoms with E-state index in [0.717, 1.165) is 11.9 Å². The van der Waals surface area contributed by atoms with E-state index in [2.05, 4.69) is 31.1 Å². The molecule has 0 radical (unpaired) electrons. The summed E-state index contributed by atoms with van der Waals surface area (Å²) in [6.07, 6.45) is 2.51. The zero-order valence-electron chi connectivity index (χ0n) is 14.5. The molecule has 0 saturated carbocycles. The Morgan fingerprint density at radius 3 is 2.54 bits per heavy atom. The van der Waals surface area contributed by atoms with E-state index in [4.69, 9.17) is 11.6 Å². The molecule has 11 heteroatoms. The molecule has 3 N–H and O–H groups in total. The zero-order chi connectivity index (χ0) is 20.1. The van der Waals surface area contributed by atoms with E-state index >= 15 is 0 Å². The third-order valence-electron chi connectivity index (χ3n) is 3.66. The first kappa shape index (κ1) is 19.0. The topological polar surface area (TPSA) is 135 Å². The van der Waals surface area contributed by atoms with Gasteiger partial charge in [-0.2, -0.15) is 0 Å². The van der Waals surface area contributed by atoms with Crippen LogP contribution in [0.3, 0.4) is 0 Å². The molecule has 0 atom stereocenters. The molecule has 0 unspecified atom stereocenters. The van der Waals surface area contributed by atoms with Crippen LogP contribution >= 0.6 is 11.6 Å². The quantitative estimate of drug-likeness (QED) is 0.424. The van der Waals surface area contributed by atoms with Crippen LogP contribution in [0.2, 0.25) is 5.02 Å². The number of nitrogens with zero attached hydrogens (tertiary/aromatic N) is 4. The highest BCUT2D eigenvalue weighted by Crippen LogP contribution is 2.30. The number of nitro groups is 1. The molecule has 0 aliphatic carbocycles. The average Bonchev–Trinajstić information content (AvgIpc) is 2.68. The van der Waals surface area contributed by atoms with Crippen LogP contribution in [0.4, 0.5) is 23.1 Å². The number of benzene rings is 1. The van der Waals surface area contributed by atoms with Crippen LogP contribution in [0.1, 0.15) is 15.9 Å². The summed E-state index contributed by atoms with van der Waals surface area (Å²) in [6.45, 7) is 1.78. The van der Waals surface area contributed by atoms with Crippen molar-refractivity contribution in [1.29, 1.82) is 0 Å². The number of nitrogens with one attached hydrogen (secondary N) is 3. The van der Waals surface area contributed by atoms with Gasteiger partial charge < -0.3 is 5.32 Å². The molecule has 2 aromatic heterocycles. The number of carbonyl (C=O) groups is 1. The summed E-state index contributed by atoms with van der Waals surface area (Å²) >= 11 is 5.78. The number of carbonyl (C=O) groups excluding carboxylic acids is 1. The van der Waals surface area contributed by atoms with Crippen molar-refractivity contribution in [3.63, 3.8) is 0 Å². The summed E-state index contributed by atoms with van der Waals surface area (Å²) in [7, 11) is 0. The number of rotatable bonds is 6. The molecule has 0 aliphatic heterocycles. The monoisotopic (exact) mass is 399 g/mol. The van der Waals surface area contributed by atoms with Crippen molar-refractivity contribution in [2.45, 2.75) is 6.92 Å². The van der Waals surface area contributed by atoms with Gasteiger partial charge in [0, 0.05) is 11.8 Å². The van der Waals surface area contributed by atoms with Crippen LogP contribution in [-0.2, 0) is 0 Å². The number of pyridine rings is 1. The zero-order valence-corrected chi connectivity index (χ0v) is 15.3. The fourth-order valence-corrected chi connectivity index (χ4v) is 2.43. The molecule has 10 nitrogen and oxygen atoms in total. The van der Waals surface area contributed by atoms with Crippen LogP contribution in [0.25, 0.3) is 0 Å². The lowest BCUT2D eigenvalue weighted by atomic mass is 10.1. The van der Waals surface area contributed by atoms with Gasteiger partial charge in [-0.25, -0.2) is 15.0 Å². The van der Waals surface area contributed by atoms with Gasteiger partial charge in [-0.05, 0) is 30.7 Å². The van der Waals surface area contributed by atoms with Crippen molar-refractivity contribution < 1.29 is 9.72 Å². The molecule has 0 saturated heterocycles. The average molecular weight is 400 g/mol. The van der Waals surface area contributed by atoms with Gasteiger partial charge in [-0.3, -0.25) is 25.8 Å². The SMILES string of the molecule is Cc1ccccc1C(=O)NNc1ncnc(Nc2ccc(Cl)cn2)c1[N+](=O)[O-]. The maximum Gasteiger partial charge on any atom is 0.355 e. The molecular weight excluding hydrogens is 386 g/mol. The predicted molar refractivity (Wildman–Crippen MR) is 103 cm³/mol. The van der Waals surface area contributed by atoms with Crippen LogP contribution in [0, 0.1) is 17.0 Å². The van der Waals surface area contributed by atoms with Crippen LogP contribution in [0.5, 0.6) is 0 Å². The predicted octanol–water partition coefficient (Wildman–Crippen LogP) is 3.24. The van der Waals surface area contributed by atoms with E-state index < -0.39 is 16.5 Å². The number of hydrogen-bond acceptors (Lipinski definition) is 8. The Bertz CT molecular complexity index is 1030. The Labute approximate surface area is 164 Å². The lowest BCUT2D eigenvalue weighted by Gasteiger charge is -2.11. The standard InChI is InChI=1S/C17H14ClN7O3/c1-10-4-2-3-5-12(10)17(26)24-23-16-14(25(27)28)15(20-9-21-16)22-13-7-6-11(18)8-19-13/h2-9H,1H3,(H,24,26)(H2,19,20,21,22,23). The molecule has 0 aliphatic rings. The van der Waals surface area contributed by atoms with E-state index in [1.165, 1.54) is 6.20 Å². The van der Waals surface area contributed by atoms with E-state index in [1.807, 2.05) is 0 Å². The first-order valence-corrected chi connectivity index (χ1v) is 8.33. The Morgan fingerprint density at radius 2 is 1.86 bits per heavy atom. The highest BCUT2D eigenvalue weighted by atomic mass is 35.5. The molecule has 2 heterocycles. The molecule has 142 valence electrons. The first-order valence-electron chi connectivity index (χ1n) is 7.95. The number of hydrazine groups is 1. The number of aryl methyl sites for hydroxylation is 1. The number of halogens is 1. The minimum atomic E-state index is -0.666. The van der Waals surface area contributed by atoms with Crippen molar-refractivity contribution in [2.75, 3.05) is 10.7 Å². The molecule has 0 fully saturated rings. The normalized spacial score (nSPS) is 10.2. The Kier molecular flexibility index (Phi) is 5.61. The molecule has 28 heavy (non-hydrogen) atoms. The second-order valence-corrected chi connectivity index (χ2v) is 5.99. The molecular formula is C17H14ClN7O3. The van der Waals surface area contributed by atoms with Crippen LogP contribution < -0.4 is 16.2 Å². The summed E-state index contributed by atoms with van der Waals surface area (Å²) in [5.41, 5.74) is 5.62. The van der Waals surface area contributed by atoms with E-state index in [9.17, 15) is 14.9 Å². The van der Waals surface area contributed by atoms with Crippen LogP contribution in [0.15, 0.2) is 48.9 Å². The van der Waals surface area contributed by atoms with Gasteiger partial charge in [0.05, 0.1) is 9.95 Å². The van der Waals surface area contributed by atoms with Gasteiger partial charge in [0.2, 0.25) is 11.6 Å². The van der Waals surface area contributed by atoms with Gasteiger partial charge in [0.25, 0.3) is 5.91 Å². The van der Waals surface area contributed by atoms with Crippen molar-refractivity contribution in [2.24, 2.45) is 0 Å². The van der Waals surface area contributed by atoms with Crippen molar-refractivity contribution >= 4 is 40.6 Å². The number of anilines is 3. The Balaban J connectivity index is 1.83. The van der Waals surface area contributed by atoms with Crippen LogP contribution in [-0.4, -0.2) is 25.8 Å². The summed E-state index contributed by atoms with van der Waals surface area (Å²) in [6, 6.07) is 10.1. The van der Waals surface area contributed by atoms with Gasteiger partial charge in [-0.15, -0.1) is 0 Å². The third kappa shape index (κ3) is 4.30. The maximum absolute atomic E-state index is 12.3. The summed E-state index contributed by atoms with van der Waals surface area (Å²) in [5.74, 6) is -0.429. The second kappa shape index (κ2) is 8.27. The lowest BCUT2D eigenvalue weighted by Crippen LogP contribution is -2.30. The molecule has 0 spiro atoms. The van der Waals surface area contributed by atoms with Gasteiger partial charge in [0.1, 0.15) is 12.1 Å². The highest BCUT2D eigenvalue weighted by Gasteiger charge is 2.24. The number of hydrogen-bond donors (Lipinski definition) is 3. The largest absolute Gasteiger partial charge is 0.355 e. The van der Waals surface area contributed by atoms with Crippen molar-refractivity contribution in [1.82, 2.24) is 20.4 Å². The third-order valence-corrected chi connectivity index (χ3v) is 3.89. The molecule has 3 aromatic rings. The minimum absolute atomic E-state index is 0.0949. The van der Waals surface area contributed by atoms with Crippen molar-refractivity contribution in [3.8, 4) is 0 Å². The molecule has 1 aromatic carbocycles. The maximum atomic E-state index is 12.3. The lowest BCUT2D eigenvalue weighted by molar-refractivity contribution is -0.383. The number of amides is 1. The van der Waals surface area contributed by atoms with E-state index in [-0.39, 0.29) is 11.6 Å². The summed E-state index contributed by atoms with van der Waals surface area (Å²) < 4.78 is 0. The molecule has 3 rings (SSSR count). The second-order valence-electron chi connectivity index (χ2n) is 5.56. The van der Waals surface area contributed by atoms with E-state index in [0.29, 0.717) is 16.4 Å². The van der Waals surface area contributed by atoms with Gasteiger partial charge >= 0.3 is 5.69 Å². The smallest absolute Gasteiger partial charge is 0.319 e. The Hall–Kier alpha value is -3.79. The summed E-state index contributed by atoms with van der Waals surface area (Å²) in [4.78, 5) is 34.9. The fourth-order valence-electron chi connectivity index (χ4n) is 2.32. The Morgan fingerprint density at radius 1 is 1.11 bits per heavy atom. The minimum Gasteiger partial charge on any atom is -0.319 e. The highest BCUT2D eigenvalue weighted by molar-refractivity contribution is 6.30. The number of aromatic nitrogens is 3. The fraction of sp³-hybridized carbons (Fsp3) is 0.0588. The van der Waals surface area contributed by atoms with Gasteiger partial charge in [0.15, 0.2) is 0 Å². The molecule has 1 amide bonds.